The lowest BCUT2D eigenvalue weighted by Crippen LogP contribution is -2.15. The maximum atomic E-state index is 11.0. The zero-order chi connectivity index (χ0) is 18.4. The average molecular weight is 365 g/mol. The number of rotatable bonds is 21. The minimum absolute atomic E-state index is 0.222. The smallest absolute Gasteiger partial charge is 0.134 e. The first-order valence-corrected chi connectivity index (χ1v) is 8.99. The Morgan fingerprint density at radius 1 is 0.600 bits per heavy atom. The van der Waals surface area contributed by atoms with E-state index in [0.717, 1.165) is 0 Å². The normalized spacial score (nSPS) is 11.1. The molecule has 0 aromatic heterocycles. The molecule has 25 heavy (non-hydrogen) atoms. The SMILES string of the molecule is CCC(=O)CCOCCOCCOCCOCCOCCOCCN. The van der Waals surface area contributed by atoms with Gasteiger partial charge in [-0.15, -0.1) is 0 Å². The molecule has 0 aromatic rings. The number of ketones is 1. The van der Waals surface area contributed by atoms with Crippen molar-refractivity contribution in [3.63, 3.8) is 0 Å². The van der Waals surface area contributed by atoms with Crippen LogP contribution in [0.2, 0.25) is 0 Å². The Balaban J connectivity index is 2.99. The van der Waals surface area contributed by atoms with E-state index >= 15 is 0 Å². The highest BCUT2D eigenvalue weighted by Crippen LogP contribution is 1.90. The predicted octanol–water partition coefficient (Wildman–Crippen LogP) is 0.414. The molecule has 0 bridgehead atoms. The molecule has 0 atom stereocenters. The van der Waals surface area contributed by atoms with Crippen molar-refractivity contribution in [1.29, 1.82) is 0 Å². The second kappa shape index (κ2) is 21.4. The lowest BCUT2D eigenvalue weighted by molar-refractivity contribution is -0.120. The van der Waals surface area contributed by atoms with Crippen molar-refractivity contribution in [1.82, 2.24) is 0 Å². The molecule has 0 amide bonds. The molecule has 8 heteroatoms. The topological polar surface area (TPSA) is 98.5 Å². The maximum Gasteiger partial charge on any atom is 0.134 e. The molecule has 0 aliphatic rings. The van der Waals surface area contributed by atoms with Crippen molar-refractivity contribution in [2.75, 3.05) is 85.8 Å². The quantitative estimate of drug-likeness (QED) is 0.292. The maximum absolute atomic E-state index is 11.0. The molecule has 0 aromatic carbocycles. The Kier molecular flexibility index (Phi) is 20.9. The minimum atomic E-state index is 0.222. The first-order valence-electron chi connectivity index (χ1n) is 8.99. The molecule has 0 saturated heterocycles. The van der Waals surface area contributed by atoms with Gasteiger partial charge in [-0.05, 0) is 0 Å². The molecule has 0 rings (SSSR count). The third-order valence-electron chi connectivity index (χ3n) is 3.04. The van der Waals surface area contributed by atoms with E-state index in [9.17, 15) is 4.79 Å². The molecule has 0 radical (unpaired) electrons. The third kappa shape index (κ3) is 21.3. The number of carbonyl (C=O) groups excluding carboxylic acids is 1. The standard InChI is InChI=1S/C17H35NO7/c1-2-17(19)3-5-20-7-9-22-11-13-24-15-16-25-14-12-23-10-8-21-6-4-18/h2-16,18H2,1H3. The van der Waals surface area contributed by atoms with E-state index in [2.05, 4.69) is 0 Å². The molecule has 0 saturated carbocycles. The van der Waals surface area contributed by atoms with Crippen LogP contribution < -0.4 is 5.73 Å². The van der Waals surface area contributed by atoms with Crippen molar-refractivity contribution in [3.05, 3.63) is 0 Å². The second-order valence-electron chi connectivity index (χ2n) is 5.11. The molecular weight excluding hydrogens is 330 g/mol. The molecule has 0 heterocycles. The Labute approximate surface area is 151 Å². The number of hydrogen-bond acceptors (Lipinski definition) is 8. The molecule has 150 valence electrons. The Bertz CT molecular complexity index is 280. The van der Waals surface area contributed by atoms with Gasteiger partial charge in [0.05, 0.1) is 79.3 Å². The van der Waals surface area contributed by atoms with Gasteiger partial charge in [0, 0.05) is 19.4 Å². The van der Waals surface area contributed by atoms with Crippen LogP contribution in [0.5, 0.6) is 0 Å². The monoisotopic (exact) mass is 365 g/mol. The van der Waals surface area contributed by atoms with Crippen molar-refractivity contribution in [2.45, 2.75) is 19.8 Å². The fourth-order valence-corrected chi connectivity index (χ4v) is 1.65. The average Bonchev–Trinajstić information content (AvgIpc) is 2.63. The van der Waals surface area contributed by atoms with E-state index in [1.165, 1.54) is 0 Å². The third-order valence-corrected chi connectivity index (χ3v) is 3.04. The van der Waals surface area contributed by atoms with E-state index < -0.39 is 0 Å². The highest BCUT2D eigenvalue weighted by atomic mass is 16.6. The number of nitrogens with two attached hydrogens (primary N) is 1. The van der Waals surface area contributed by atoms with E-state index in [4.69, 9.17) is 34.2 Å². The van der Waals surface area contributed by atoms with Gasteiger partial charge >= 0.3 is 0 Å². The van der Waals surface area contributed by atoms with E-state index in [1.54, 1.807) is 0 Å². The zero-order valence-electron chi connectivity index (χ0n) is 15.5. The molecular formula is C17H35NO7. The van der Waals surface area contributed by atoms with Crippen molar-refractivity contribution in [3.8, 4) is 0 Å². The fraction of sp³-hybridized carbons (Fsp3) is 0.941. The number of Topliss-reactive ketones (excluding diaryl/α,β-unsaturated/α-hetero) is 1. The van der Waals surface area contributed by atoms with E-state index in [-0.39, 0.29) is 5.78 Å². The van der Waals surface area contributed by atoms with Crippen molar-refractivity contribution < 1.29 is 33.2 Å². The largest absolute Gasteiger partial charge is 0.379 e. The van der Waals surface area contributed by atoms with Crippen LogP contribution in [0, 0.1) is 0 Å². The van der Waals surface area contributed by atoms with Crippen LogP contribution >= 0.6 is 0 Å². The van der Waals surface area contributed by atoms with E-state index in [1.807, 2.05) is 6.92 Å². The zero-order valence-corrected chi connectivity index (χ0v) is 15.5. The summed E-state index contributed by atoms with van der Waals surface area (Å²) in [5, 5.41) is 0. The van der Waals surface area contributed by atoms with Gasteiger partial charge in [-0.25, -0.2) is 0 Å². The Hall–Kier alpha value is -0.610. The molecule has 8 nitrogen and oxygen atoms in total. The second-order valence-corrected chi connectivity index (χ2v) is 5.11. The van der Waals surface area contributed by atoms with Gasteiger partial charge in [0.2, 0.25) is 0 Å². The van der Waals surface area contributed by atoms with Crippen molar-refractivity contribution in [2.24, 2.45) is 5.73 Å². The number of carbonyl (C=O) groups is 1. The Morgan fingerprint density at radius 3 is 1.24 bits per heavy atom. The summed E-state index contributed by atoms with van der Waals surface area (Å²) in [7, 11) is 0. The van der Waals surface area contributed by atoms with Crippen LogP contribution in [0.3, 0.4) is 0 Å². The summed E-state index contributed by atoms with van der Waals surface area (Å²) in [6.45, 7) is 8.70. The van der Waals surface area contributed by atoms with Gasteiger partial charge in [-0.2, -0.15) is 0 Å². The lowest BCUT2D eigenvalue weighted by Gasteiger charge is -2.08. The minimum Gasteiger partial charge on any atom is -0.379 e. The first kappa shape index (κ1) is 24.4. The summed E-state index contributed by atoms with van der Waals surface area (Å²) in [4.78, 5) is 11.0. The van der Waals surface area contributed by atoms with Crippen LogP contribution in [0.4, 0.5) is 0 Å². The van der Waals surface area contributed by atoms with Gasteiger partial charge in [-0.1, -0.05) is 6.92 Å². The number of ether oxygens (including phenoxy) is 6. The summed E-state index contributed by atoms with van der Waals surface area (Å²) >= 11 is 0. The van der Waals surface area contributed by atoms with Crippen molar-refractivity contribution >= 4 is 5.78 Å². The molecule has 2 N–H and O–H groups in total. The Morgan fingerprint density at radius 2 is 0.920 bits per heavy atom. The summed E-state index contributed by atoms with van der Waals surface area (Å²) in [5.41, 5.74) is 5.29. The predicted molar refractivity (Wildman–Crippen MR) is 93.9 cm³/mol. The molecule has 0 unspecified atom stereocenters. The molecule has 0 aliphatic carbocycles. The van der Waals surface area contributed by atoms with Crippen LogP contribution in [-0.2, 0) is 33.2 Å². The fourth-order valence-electron chi connectivity index (χ4n) is 1.65. The van der Waals surface area contributed by atoms with Gasteiger partial charge in [0.15, 0.2) is 0 Å². The van der Waals surface area contributed by atoms with Crippen LogP contribution in [0.15, 0.2) is 0 Å². The van der Waals surface area contributed by atoms with Gasteiger partial charge in [0.1, 0.15) is 5.78 Å². The molecule has 0 spiro atoms. The van der Waals surface area contributed by atoms with Crippen LogP contribution in [0.25, 0.3) is 0 Å². The lowest BCUT2D eigenvalue weighted by atomic mass is 10.2. The summed E-state index contributed by atoms with van der Waals surface area (Å²) in [5.74, 6) is 0.222. The van der Waals surface area contributed by atoms with E-state index in [0.29, 0.717) is 98.7 Å². The highest BCUT2D eigenvalue weighted by Gasteiger charge is 1.97. The van der Waals surface area contributed by atoms with Crippen LogP contribution in [0.1, 0.15) is 19.8 Å². The highest BCUT2D eigenvalue weighted by molar-refractivity contribution is 5.78. The van der Waals surface area contributed by atoms with Crippen LogP contribution in [-0.4, -0.2) is 91.6 Å². The summed E-state index contributed by atoms with van der Waals surface area (Å²) in [6.07, 6.45) is 1.05. The van der Waals surface area contributed by atoms with Gasteiger partial charge in [-0.3, -0.25) is 4.79 Å². The summed E-state index contributed by atoms with van der Waals surface area (Å²) < 4.78 is 31.9. The molecule has 0 aliphatic heterocycles. The first-order chi connectivity index (χ1) is 12.3. The number of hydrogen-bond donors (Lipinski definition) is 1. The molecule has 0 fully saturated rings. The van der Waals surface area contributed by atoms with Gasteiger partial charge < -0.3 is 34.2 Å². The van der Waals surface area contributed by atoms with Gasteiger partial charge in [0.25, 0.3) is 0 Å². The summed E-state index contributed by atoms with van der Waals surface area (Å²) in [6, 6.07) is 0.